The second-order valence-corrected chi connectivity index (χ2v) is 7.64. The molecule has 3 N–H and O–H groups in total. The highest BCUT2D eigenvalue weighted by Crippen LogP contribution is 2.20. The lowest BCUT2D eigenvalue weighted by Gasteiger charge is -2.28. The van der Waals surface area contributed by atoms with Crippen LogP contribution in [-0.4, -0.2) is 20.4 Å². The number of rotatable bonds is 3. The Bertz CT molecular complexity index is 616. The van der Waals surface area contributed by atoms with E-state index in [1.54, 1.807) is 13.0 Å². The zero-order chi connectivity index (χ0) is 15.7. The van der Waals surface area contributed by atoms with Crippen molar-refractivity contribution in [2.75, 3.05) is 0 Å². The van der Waals surface area contributed by atoms with Crippen LogP contribution in [0.2, 0.25) is 0 Å². The number of benzene rings is 1. The Balaban J connectivity index is 3.11. The van der Waals surface area contributed by atoms with E-state index < -0.39 is 10.0 Å². The van der Waals surface area contributed by atoms with Crippen LogP contribution in [0.4, 0.5) is 0 Å². The SMILES string of the molecule is Cc1ccc(S(N)(=O)=O)cc1C(=O)NC(C)C(C)(C)C. The Hall–Kier alpha value is -1.40. The number of primary sulfonamides is 1. The average molecular weight is 298 g/mol. The van der Waals surface area contributed by atoms with Gasteiger partial charge in [0, 0.05) is 11.6 Å². The van der Waals surface area contributed by atoms with E-state index in [1.165, 1.54) is 12.1 Å². The minimum absolute atomic E-state index is 0.0486. The van der Waals surface area contributed by atoms with Gasteiger partial charge in [0.2, 0.25) is 10.0 Å². The van der Waals surface area contributed by atoms with Gasteiger partial charge in [-0.1, -0.05) is 26.8 Å². The molecule has 0 spiro atoms. The molecule has 0 saturated carbocycles. The van der Waals surface area contributed by atoms with Crippen LogP contribution in [0.1, 0.15) is 43.6 Å². The van der Waals surface area contributed by atoms with E-state index in [0.717, 1.165) is 0 Å². The maximum Gasteiger partial charge on any atom is 0.251 e. The summed E-state index contributed by atoms with van der Waals surface area (Å²) in [5.74, 6) is -0.296. The lowest BCUT2D eigenvalue weighted by molar-refractivity contribution is 0.0909. The van der Waals surface area contributed by atoms with Crippen LogP contribution in [-0.2, 0) is 10.0 Å². The number of nitrogens with one attached hydrogen (secondary N) is 1. The van der Waals surface area contributed by atoms with Gasteiger partial charge in [0.1, 0.15) is 0 Å². The minimum atomic E-state index is -3.81. The summed E-state index contributed by atoms with van der Waals surface area (Å²) in [6.45, 7) is 9.73. The highest BCUT2D eigenvalue weighted by molar-refractivity contribution is 7.89. The number of carbonyl (C=O) groups is 1. The third kappa shape index (κ3) is 4.05. The number of carbonyl (C=O) groups excluding carboxylic acids is 1. The number of sulfonamides is 1. The monoisotopic (exact) mass is 298 g/mol. The predicted octanol–water partition coefficient (Wildman–Crippen LogP) is 1.81. The van der Waals surface area contributed by atoms with Crippen LogP contribution < -0.4 is 10.5 Å². The van der Waals surface area contributed by atoms with Crippen molar-refractivity contribution in [1.82, 2.24) is 5.32 Å². The highest BCUT2D eigenvalue weighted by Gasteiger charge is 2.23. The number of nitrogens with two attached hydrogens (primary N) is 1. The first kappa shape index (κ1) is 16.7. The van der Waals surface area contributed by atoms with Crippen molar-refractivity contribution < 1.29 is 13.2 Å². The molecule has 0 fully saturated rings. The molecule has 112 valence electrons. The fraction of sp³-hybridized carbons (Fsp3) is 0.500. The molecule has 1 aromatic carbocycles. The predicted molar refractivity (Wildman–Crippen MR) is 78.9 cm³/mol. The maximum atomic E-state index is 12.3. The summed E-state index contributed by atoms with van der Waals surface area (Å²) < 4.78 is 22.7. The van der Waals surface area contributed by atoms with E-state index in [0.29, 0.717) is 11.1 Å². The van der Waals surface area contributed by atoms with E-state index in [-0.39, 0.29) is 22.3 Å². The van der Waals surface area contributed by atoms with Crippen LogP contribution in [0.25, 0.3) is 0 Å². The van der Waals surface area contributed by atoms with Gasteiger partial charge in [-0.05, 0) is 37.0 Å². The molecule has 0 aliphatic carbocycles. The third-order valence-electron chi connectivity index (χ3n) is 3.43. The van der Waals surface area contributed by atoms with Gasteiger partial charge in [0.15, 0.2) is 0 Å². The first-order chi connectivity index (χ1) is 8.93. The first-order valence-electron chi connectivity index (χ1n) is 6.37. The molecular weight excluding hydrogens is 276 g/mol. The fourth-order valence-electron chi connectivity index (χ4n) is 1.51. The van der Waals surface area contributed by atoms with E-state index in [2.05, 4.69) is 5.32 Å². The van der Waals surface area contributed by atoms with Crippen molar-refractivity contribution in [3.05, 3.63) is 29.3 Å². The molecule has 0 radical (unpaired) electrons. The second-order valence-electron chi connectivity index (χ2n) is 6.08. The normalized spacial score (nSPS) is 13.9. The molecule has 1 rings (SSSR count). The maximum absolute atomic E-state index is 12.3. The Kier molecular flexibility index (Phi) is 4.61. The molecule has 0 aliphatic rings. The topological polar surface area (TPSA) is 89.3 Å². The lowest BCUT2D eigenvalue weighted by atomic mass is 9.88. The van der Waals surface area contributed by atoms with E-state index in [1.807, 2.05) is 27.7 Å². The fourth-order valence-corrected chi connectivity index (χ4v) is 2.05. The van der Waals surface area contributed by atoms with Crippen molar-refractivity contribution in [3.8, 4) is 0 Å². The zero-order valence-electron chi connectivity index (χ0n) is 12.5. The van der Waals surface area contributed by atoms with Crippen molar-refractivity contribution >= 4 is 15.9 Å². The number of aryl methyl sites for hydroxylation is 1. The molecule has 0 saturated heterocycles. The highest BCUT2D eigenvalue weighted by atomic mass is 32.2. The molecule has 0 heterocycles. The lowest BCUT2D eigenvalue weighted by Crippen LogP contribution is -2.41. The van der Waals surface area contributed by atoms with Crippen LogP contribution in [0, 0.1) is 12.3 Å². The molecule has 0 aromatic heterocycles. The molecule has 20 heavy (non-hydrogen) atoms. The standard InChI is InChI=1S/C14H22N2O3S/c1-9-6-7-11(20(15,18)19)8-12(9)13(17)16-10(2)14(3,4)5/h6-8,10H,1-5H3,(H,16,17)(H2,15,18,19). The summed E-state index contributed by atoms with van der Waals surface area (Å²) >= 11 is 0. The van der Waals surface area contributed by atoms with E-state index in [9.17, 15) is 13.2 Å². The largest absolute Gasteiger partial charge is 0.349 e. The summed E-state index contributed by atoms with van der Waals surface area (Å²) in [6.07, 6.45) is 0. The summed E-state index contributed by atoms with van der Waals surface area (Å²) in [5.41, 5.74) is 0.949. The van der Waals surface area contributed by atoms with E-state index >= 15 is 0 Å². The molecule has 1 atom stereocenters. The summed E-state index contributed by atoms with van der Waals surface area (Å²) in [6, 6.07) is 4.24. The number of amides is 1. The van der Waals surface area contributed by atoms with Crippen molar-refractivity contribution in [3.63, 3.8) is 0 Å². The molecule has 1 unspecified atom stereocenters. The Morgan fingerprint density at radius 3 is 2.30 bits per heavy atom. The smallest absolute Gasteiger partial charge is 0.251 e. The summed E-state index contributed by atoms with van der Waals surface area (Å²) in [4.78, 5) is 12.2. The van der Waals surface area contributed by atoms with Gasteiger partial charge >= 0.3 is 0 Å². The number of hydrogen-bond donors (Lipinski definition) is 2. The molecule has 5 nitrogen and oxygen atoms in total. The van der Waals surface area contributed by atoms with Crippen LogP contribution in [0.3, 0.4) is 0 Å². The van der Waals surface area contributed by atoms with Crippen molar-refractivity contribution in [1.29, 1.82) is 0 Å². The van der Waals surface area contributed by atoms with Gasteiger partial charge < -0.3 is 5.32 Å². The van der Waals surface area contributed by atoms with Gasteiger partial charge in [0.25, 0.3) is 5.91 Å². The Morgan fingerprint density at radius 2 is 1.85 bits per heavy atom. The van der Waals surface area contributed by atoms with Gasteiger partial charge in [-0.25, -0.2) is 13.6 Å². The molecule has 1 amide bonds. The quantitative estimate of drug-likeness (QED) is 0.891. The average Bonchev–Trinajstić information content (AvgIpc) is 2.26. The first-order valence-corrected chi connectivity index (χ1v) is 7.92. The summed E-state index contributed by atoms with van der Waals surface area (Å²) in [5, 5.41) is 7.97. The summed E-state index contributed by atoms with van der Waals surface area (Å²) in [7, 11) is -3.81. The second kappa shape index (κ2) is 5.54. The van der Waals surface area contributed by atoms with Crippen molar-refractivity contribution in [2.24, 2.45) is 10.6 Å². The Morgan fingerprint density at radius 1 is 1.30 bits per heavy atom. The van der Waals surface area contributed by atoms with Gasteiger partial charge in [-0.15, -0.1) is 0 Å². The third-order valence-corrected chi connectivity index (χ3v) is 4.34. The van der Waals surface area contributed by atoms with Gasteiger partial charge in [0.05, 0.1) is 4.90 Å². The molecular formula is C14H22N2O3S. The van der Waals surface area contributed by atoms with Crippen LogP contribution >= 0.6 is 0 Å². The molecule has 0 bridgehead atoms. The number of hydrogen-bond acceptors (Lipinski definition) is 3. The molecule has 0 aliphatic heterocycles. The van der Waals surface area contributed by atoms with Crippen molar-refractivity contribution in [2.45, 2.75) is 45.6 Å². The van der Waals surface area contributed by atoms with Gasteiger partial charge in [-0.2, -0.15) is 0 Å². The zero-order valence-corrected chi connectivity index (χ0v) is 13.3. The van der Waals surface area contributed by atoms with Gasteiger partial charge in [-0.3, -0.25) is 4.79 Å². The molecule has 1 aromatic rings. The Labute approximate surface area is 120 Å². The van der Waals surface area contributed by atoms with E-state index in [4.69, 9.17) is 5.14 Å². The van der Waals surface area contributed by atoms with Crippen LogP contribution in [0.15, 0.2) is 23.1 Å². The van der Waals surface area contributed by atoms with Crippen LogP contribution in [0.5, 0.6) is 0 Å². The molecule has 6 heteroatoms. The minimum Gasteiger partial charge on any atom is -0.349 e.